The first-order valence-corrected chi connectivity index (χ1v) is 4.10. The molecule has 2 atom stereocenters. The van der Waals surface area contributed by atoms with Crippen LogP contribution < -0.4 is 5.32 Å². The van der Waals surface area contributed by atoms with Crippen molar-refractivity contribution < 1.29 is 19.4 Å². The van der Waals surface area contributed by atoms with Crippen molar-refractivity contribution in [2.45, 2.75) is 40.3 Å². The number of ether oxygens (including phenoxy) is 1. The number of rotatable bonds is 4. The van der Waals surface area contributed by atoms with Crippen LogP contribution in [0.15, 0.2) is 0 Å². The van der Waals surface area contributed by atoms with Gasteiger partial charge in [-0.15, -0.1) is 0 Å². The van der Waals surface area contributed by atoms with Gasteiger partial charge in [-0.05, 0) is 13.8 Å². The molecule has 0 heterocycles. The van der Waals surface area contributed by atoms with E-state index in [1.54, 1.807) is 6.92 Å². The highest BCUT2D eigenvalue weighted by Crippen LogP contribution is 1.95. The fourth-order valence-corrected chi connectivity index (χ4v) is 0.831. The van der Waals surface area contributed by atoms with Crippen molar-refractivity contribution in [1.82, 2.24) is 5.32 Å². The summed E-state index contributed by atoms with van der Waals surface area (Å²) in [6.07, 6.45) is -1.30. The van der Waals surface area contributed by atoms with Gasteiger partial charge in [0.1, 0.15) is 0 Å². The highest BCUT2D eigenvalue weighted by Gasteiger charge is 2.23. The first-order valence-electron chi connectivity index (χ1n) is 4.10. The van der Waals surface area contributed by atoms with Crippen LogP contribution in [0.4, 0.5) is 0 Å². The van der Waals surface area contributed by atoms with Crippen LogP contribution in [0, 0.1) is 0 Å². The van der Waals surface area contributed by atoms with Crippen LogP contribution in [0.5, 0.6) is 0 Å². The number of hydrogen-bond donors (Lipinski definition) is 2. The summed E-state index contributed by atoms with van der Waals surface area (Å²) in [5, 5.41) is 11.7. The van der Waals surface area contributed by atoms with Crippen molar-refractivity contribution in [2.75, 3.05) is 6.61 Å². The van der Waals surface area contributed by atoms with Crippen molar-refractivity contribution in [3.8, 4) is 0 Å². The van der Waals surface area contributed by atoms with E-state index in [4.69, 9.17) is 0 Å². The maximum absolute atomic E-state index is 10.9. The molecule has 0 rings (SSSR count). The minimum absolute atomic E-state index is 0. The summed E-state index contributed by atoms with van der Waals surface area (Å²) in [6, 6.07) is -0.628. The summed E-state index contributed by atoms with van der Waals surface area (Å²) < 4.78 is 4.57. The Morgan fingerprint density at radius 3 is 2.36 bits per heavy atom. The van der Waals surface area contributed by atoms with Gasteiger partial charge >= 0.3 is 5.97 Å². The normalized spacial score (nSPS) is 13.4. The number of aliphatic hydroxyl groups excluding tert-OH is 1. The fraction of sp³-hybridized carbons (Fsp3) is 0.778. The van der Waals surface area contributed by atoms with Crippen molar-refractivity contribution in [2.24, 2.45) is 0 Å². The van der Waals surface area contributed by atoms with Gasteiger partial charge in [0.2, 0.25) is 5.91 Å². The third-order valence-electron chi connectivity index (χ3n) is 1.43. The molecule has 0 aliphatic rings. The lowest BCUT2D eigenvalue weighted by Crippen LogP contribution is -2.44. The monoisotopic (exact) mass is 205 g/mol. The summed E-state index contributed by atoms with van der Waals surface area (Å²) in [6.45, 7) is 4.70. The Labute approximate surface area is 84.4 Å². The van der Waals surface area contributed by atoms with Gasteiger partial charge in [-0.3, -0.25) is 4.79 Å². The molecule has 0 unspecified atom stereocenters. The summed E-state index contributed by atoms with van der Waals surface area (Å²) in [4.78, 5) is 21.5. The fourth-order valence-electron chi connectivity index (χ4n) is 0.831. The molecule has 84 valence electrons. The maximum atomic E-state index is 10.9. The van der Waals surface area contributed by atoms with Crippen molar-refractivity contribution >= 4 is 11.9 Å². The number of nitrogens with one attached hydrogen (secondary N) is 1. The van der Waals surface area contributed by atoms with Crippen LogP contribution in [0.2, 0.25) is 0 Å². The van der Waals surface area contributed by atoms with E-state index in [0.717, 1.165) is 0 Å². The van der Waals surface area contributed by atoms with Gasteiger partial charge in [0.15, 0.2) is 6.10 Å². The molecule has 0 spiro atoms. The standard InChI is InChI=1S/C8H15NO4.CH4/c1-4-13-8(12)7(11)5(2)9-6(3)10;/h5,7,11H,4H2,1-3H3,(H,9,10);1H4/t5-,7+;/m0./s1. The Bertz CT molecular complexity index is 193. The topological polar surface area (TPSA) is 75.6 Å². The predicted octanol–water partition coefficient (Wildman–Crippen LogP) is 0.0711. The third-order valence-corrected chi connectivity index (χ3v) is 1.43. The highest BCUT2D eigenvalue weighted by atomic mass is 16.5. The molecule has 0 saturated carbocycles. The van der Waals surface area contributed by atoms with E-state index < -0.39 is 18.1 Å². The molecule has 0 aromatic heterocycles. The predicted molar refractivity (Wildman–Crippen MR) is 52.6 cm³/mol. The molecule has 0 bridgehead atoms. The van der Waals surface area contributed by atoms with Crippen LogP contribution >= 0.6 is 0 Å². The molecule has 0 fully saturated rings. The lowest BCUT2D eigenvalue weighted by molar-refractivity contribution is -0.154. The minimum atomic E-state index is -1.30. The lowest BCUT2D eigenvalue weighted by Gasteiger charge is -2.17. The molecule has 0 saturated heterocycles. The number of amides is 1. The molecule has 0 aromatic carbocycles. The van der Waals surface area contributed by atoms with Gasteiger partial charge in [0.05, 0.1) is 12.6 Å². The van der Waals surface area contributed by atoms with E-state index in [1.165, 1.54) is 13.8 Å². The molecule has 1 amide bonds. The van der Waals surface area contributed by atoms with Crippen molar-refractivity contribution in [1.29, 1.82) is 0 Å². The molecule has 5 nitrogen and oxygen atoms in total. The number of hydrogen-bond acceptors (Lipinski definition) is 4. The molecule has 0 aliphatic carbocycles. The Morgan fingerprint density at radius 1 is 1.50 bits per heavy atom. The molecule has 0 aliphatic heterocycles. The molecule has 14 heavy (non-hydrogen) atoms. The summed E-state index contributed by atoms with van der Waals surface area (Å²) in [7, 11) is 0. The third kappa shape index (κ3) is 5.53. The van der Waals surface area contributed by atoms with E-state index in [9.17, 15) is 14.7 Å². The van der Waals surface area contributed by atoms with Gasteiger partial charge < -0.3 is 15.2 Å². The zero-order chi connectivity index (χ0) is 10.4. The van der Waals surface area contributed by atoms with E-state index in [0.29, 0.717) is 0 Å². The highest BCUT2D eigenvalue weighted by molar-refractivity contribution is 5.78. The van der Waals surface area contributed by atoms with Crippen LogP contribution in [-0.4, -0.2) is 35.7 Å². The smallest absolute Gasteiger partial charge is 0.337 e. The Kier molecular flexibility index (Phi) is 8.04. The molecular formula is C9H19NO4. The molecular weight excluding hydrogens is 186 g/mol. The van der Waals surface area contributed by atoms with E-state index in [-0.39, 0.29) is 19.9 Å². The second-order valence-corrected chi connectivity index (χ2v) is 2.69. The molecule has 2 N–H and O–H groups in total. The second kappa shape index (κ2) is 7.32. The zero-order valence-corrected chi connectivity index (χ0v) is 8.03. The zero-order valence-electron chi connectivity index (χ0n) is 8.03. The van der Waals surface area contributed by atoms with E-state index in [2.05, 4.69) is 10.1 Å². The first kappa shape index (κ1) is 15.4. The number of carbonyl (C=O) groups excluding carboxylic acids is 2. The average Bonchev–Trinajstić information content (AvgIpc) is 2.02. The Hall–Kier alpha value is -1.10. The Morgan fingerprint density at radius 2 is 2.00 bits per heavy atom. The largest absolute Gasteiger partial charge is 0.464 e. The second-order valence-electron chi connectivity index (χ2n) is 2.69. The van der Waals surface area contributed by atoms with Crippen LogP contribution in [0.3, 0.4) is 0 Å². The number of aliphatic hydroxyl groups is 1. The van der Waals surface area contributed by atoms with Crippen molar-refractivity contribution in [3.05, 3.63) is 0 Å². The van der Waals surface area contributed by atoms with Crippen LogP contribution in [0.1, 0.15) is 28.2 Å². The number of esters is 1. The maximum Gasteiger partial charge on any atom is 0.337 e. The van der Waals surface area contributed by atoms with Crippen LogP contribution in [-0.2, 0) is 14.3 Å². The average molecular weight is 205 g/mol. The van der Waals surface area contributed by atoms with Crippen LogP contribution in [0.25, 0.3) is 0 Å². The van der Waals surface area contributed by atoms with Gasteiger partial charge in [-0.1, -0.05) is 7.43 Å². The number of carbonyl (C=O) groups is 2. The van der Waals surface area contributed by atoms with Crippen molar-refractivity contribution in [3.63, 3.8) is 0 Å². The minimum Gasteiger partial charge on any atom is -0.464 e. The van der Waals surface area contributed by atoms with E-state index in [1.807, 2.05) is 0 Å². The molecule has 0 aromatic rings. The molecule has 0 radical (unpaired) electrons. The summed E-state index contributed by atoms with van der Waals surface area (Å²) >= 11 is 0. The van der Waals surface area contributed by atoms with Gasteiger partial charge in [0.25, 0.3) is 0 Å². The van der Waals surface area contributed by atoms with Gasteiger partial charge in [0, 0.05) is 6.92 Å². The first-order chi connectivity index (χ1) is 5.99. The van der Waals surface area contributed by atoms with Gasteiger partial charge in [-0.2, -0.15) is 0 Å². The summed E-state index contributed by atoms with van der Waals surface area (Å²) in [5.41, 5.74) is 0. The Balaban J connectivity index is 0. The molecule has 5 heteroatoms. The SMILES string of the molecule is C.CCOC(=O)[C@H](O)[C@H](C)NC(C)=O. The summed E-state index contributed by atoms with van der Waals surface area (Å²) in [5.74, 6) is -1.01. The van der Waals surface area contributed by atoms with Gasteiger partial charge in [-0.25, -0.2) is 4.79 Å². The lowest BCUT2D eigenvalue weighted by atomic mass is 10.2. The van der Waals surface area contributed by atoms with E-state index >= 15 is 0 Å². The quantitative estimate of drug-likeness (QED) is 0.637.